The molecule has 0 saturated heterocycles. The molecule has 0 amide bonds. The molecular formula is C20H27N3. The molecule has 3 nitrogen and oxygen atoms in total. The molecule has 0 spiro atoms. The standard InChI is InChI=1S/C20H27N3/c1-15(2)23-22-13-17(4)16(3)12-18-7-9-19(10-8-18)20-6-5-11-21-14-20/h5-11,14,16-17,22-23H,1,12-13H2,2-4H3. The molecule has 2 unspecified atom stereocenters. The van der Waals surface area contributed by atoms with Gasteiger partial charge in [-0.25, -0.2) is 5.43 Å². The minimum atomic E-state index is 0.583. The number of hydrogen-bond donors (Lipinski definition) is 2. The predicted molar refractivity (Wildman–Crippen MR) is 97.7 cm³/mol. The summed E-state index contributed by atoms with van der Waals surface area (Å²) in [5.74, 6) is 1.19. The van der Waals surface area contributed by atoms with Gasteiger partial charge < -0.3 is 5.43 Å². The summed E-state index contributed by atoms with van der Waals surface area (Å²) in [6, 6.07) is 12.9. The Hall–Kier alpha value is -2.13. The van der Waals surface area contributed by atoms with Crippen LogP contribution in [0.3, 0.4) is 0 Å². The lowest BCUT2D eigenvalue weighted by Crippen LogP contribution is -2.35. The zero-order valence-electron chi connectivity index (χ0n) is 14.3. The summed E-state index contributed by atoms with van der Waals surface area (Å²) in [4.78, 5) is 4.18. The molecule has 2 aromatic rings. The minimum absolute atomic E-state index is 0.583. The number of allylic oxidation sites excluding steroid dienone is 1. The quantitative estimate of drug-likeness (QED) is 0.718. The third kappa shape index (κ3) is 5.53. The maximum Gasteiger partial charge on any atom is 0.0346 e. The van der Waals surface area contributed by atoms with Crippen LogP contribution in [0, 0.1) is 11.8 Å². The molecule has 1 heterocycles. The molecule has 0 radical (unpaired) electrons. The van der Waals surface area contributed by atoms with Crippen LogP contribution in [0.4, 0.5) is 0 Å². The molecule has 2 rings (SSSR count). The normalized spacial score (nSPS) is 13.3. The average Bonchev–Trinajstić information content (AvgIpc) is 2.56. The zero-order chi connectivity index (χ0) is 16.7. The number of hydrazine groups is 1. The predicted octanol–water partition coefficient (Wildman–Crippen LogP) is 4.19. The molecule has 0 aliphatic heterocycles. The Balaban J connectivity index is 1.89. The van der Waals surface area contributed by atoms with Crippen molar-refractivity contribution >= 4 is 0 Å². The Labute approximate surface area is 139 Å². The van der Waals surface area contributed by atoms with Crippen molar-refractivity contribution < 1.29 is 0 Å². The summed E-state index contributed by atoms with van der Waals surface area (Å²) in [6.45, 7) is 11.3. The first-order chi connectivity index (χ1) is 11.1. The number of hydrogen-bond acceptors (Lipinski definition) is 3. The molecule has 3 heteroatoms. The summed E-state index contributed by atoms with van der Waals surface area (Å²) >= 11 is 0. The second-order valence-corrected chi connectivity index (χ2v) is 6.38. The van der Waals surface area contributed by atoms with Crippen LogP contribution < -0.4 is 10.9 Å². The topological polar surface area (TPSA) is 37.0 Å². The molecule has 0 saturated carbocycles. The van der Waals surface area contributed by atoms with Gasteiger partial charge in [-0.15, -0.1) is 0 Å². The van der Waals surface area contributed by atoms with Gasteiger partial charge in [-0.05, 0) is 47.9 Å². The number of rotatable bonds is 8. The van der Waals surface area contributed by atoms with E-state index >= 15 is 0 Å². The first kappa shape index (κ1) is 17.2. The van der Waals surface area contributed by atoms with E-state index in [0.717, 1.165) is 24.2 Å². The van der Waals surface area contributed by atoms with Crippen LogP contribution >= 0.6 is 0 Å². The maximum absolute atomic E-state index is 4.18. The summed E-state index contributed by atoms with van der Waals surface area (Å²) in [5, 5.41) is 0. The van der Waals surface area contributed by atoms with E-state index in [4.69, 9.17) is 0 Å². The van der Waals surface area contributed by atoms with Crippen molar-refractivity contribution in [2.75, 3.05) is 6.54 Å². The van der Waals surface area contributed by atoms with Gasteiger partial charge >= 0.3 is 0 Å². The highest BCUT2D eigenvalue weighted by Gasteiger charge is 2.12. The van der Waals surface area contributed by atoms with Crippen molar-refractivity contribution in [2.24, 2.45) is 11.8 Å². The molecule has 2 atom stereocenters. The van der Waals surface area contributed by atoms with E-state index in [-0.39, 0.29) is 0 Å². The second kappa shape index (κ2) is 8.49. The van der Waals surface area contributed by atoms with Crippen molar-refractivity contribution in [3.63, 3.8) is 0 Å². The van der Waals surface area contributed by atoms with Crippen molar-refractivity contribution in [3.05, 3.63) is 66.6 Å². The van der Waals surface area contributed by atoms with E-state index in [1.54, 1.807) is 6.20 Å². The largest absolute Gasteiger partial charge is 0.326 e. The third-order valence-corrected chi connectivity index (χ3v) is 4.20. The van der Waals surface area contributed by atoms with Gasteiger partial charge in [0.15, 0.2) is 0 Å². The van der Waals surface area contributed by atoms with E-state index in [9.17, 15) is 0 Å². The molecule has 1 aromatic carbocycles. The Morgan fingerprint density at radius 1 is 1.09 bits per heavy atom. The molecule has 0 fully saturated rings. The van der Waals surface area contributed by atoms with Gasteiger partial charge in [-0.3, -0.25) is 4.98 Å². The highest BCUT2D eigenvalue weighted by molar-refractivity contribution is 5.62. The van der Waals surface area contributed by atoms with Crippen LogP contribution in [-0.4, -0.2) is 11.5 Å². The molecule has 23 heavy (non-hydrogen) atoms. The van der Waals surface area contributed by atoms with Crippen LogP contribution in [0.5, 0.6) is 0 Å². The van der Waals surface area contributed by atoms with E-state index in [1.807, 2.05) is 19.2 Å². The third-order valence-electron chi connectivity index (χ3n) is 4.20. The van der Waals surface area contributed by atoms with E-state index in [2.05, 4.69) is 66.6 Å². The highest BCUT2D eigenvalue weighted by atomic mass is 15.4. The average molecular weight is 309 g/mol. The highest BCUT2D eigenvalue weighted by Crippen LogP contribution is 2.21. The summed E-state index contributed by atoms with van der Waals surface area (Å²) in [7, 11) is 0. The number of nitrogens with one attached hydrogen (secondary N) is 2. The fraction of sp³-hybridized carbons (Fsp3) is 0.350. The van der Waals surface area contributed by atoms with Crippen LogP contribution in [0.15, 0.2) is 61.1 Å². The number of aromatic nitrogens is 1. The summed E-state index contributed by atoms with van der Waals surface area (Å²) in [6.07, 6.45) is 4.79. The molecule has 0 bridgehead atoms. The van der Waals surface area contributed by atoms with E-state index in [1.165, 1.54) is 11.1 Å². The maximum atomic E-state index is 4.18. The second-order valence-electron chi connectivity index (χ2n) is 6.38. The lowest BCUT2D eigenvalue weighted by atomic mass is 9.89. The minimum Gasteiger partial charge on any atom is -0.326 e. The van der Waals surface area contributed by atoms with E-state index < -0.39 is 0 Å². The lowest BCUT2D eigenvalue weighted by Gasteiger charge is -2.21. The fourth-order valence-electron chi connectivity index (χ4n) is 2.50. The Morgan fingerprint density at radius 3 is 2.43 bits per heavy atom. The molecule has 0 aliphatic rings. The van der Waals surface area contributed by atoms with Gasteiger partial charge in [-0.1, -0.05) is 50.8 Å². The lowest BCUT2D eigenvalue weighted by molar-refractivity contribution is 0.353. The van der Waals surface area contributed by atoms with Crippen molar-refractivity contribution in [1.82, 2.24) is 15.8 Å². The van der Waals surface area contributed by atoms with Crippen molar-refractivity contribution in [2.45, 2.75) is 27.2 Å². The molecule has 0 aliphatic carbocycles. The van der Waals surface area contributed by atoms with Gasteiger partial charge in [0, 0.05) is 24.6 Å². The van der Waals surface area contributed by atoms with Crippen LogP contribution in [0.2, 0.25) is 0 Å². The van der Waals surface area contributed by atoms with Crippen molar-refractivity contribution in [1.29, 1.82) is 0 Å². The summed E-state index contributed by atoms with van der Waals surface area (Å²) in [5.41, 5.74) is 11.0. The Morgan fingerprint density at radius 2 is 1.83 bits per heavy atom. The van der Waals surface area contributed by atoms with Gasteiger partial charge in [-0.2, -0.15) is 0 Å². The summed E-state index contributed by atoms with van der Waals surface area (Å²) < 4.78 is 0. The monoisotopic (exact) mass is 309 g/mol. The first-order valence-corrected chi connectivity index (χ1v) is 8.20. The Kier molecular flexibility index (Phi) is 6.36. The smallest absolute Gasteiger partial charge is 0.0346 e. The Bertz CT molecular complexity index is 605. The van der Waals surface area contributed by atoms with E-state index in [0.29, 0.717) is 11.8 Å². The van der Waals surface area contributed by atoms with Gasteiger partial charge in [0.2, 0.25) is 0 Å². The first-order valence-electron chi connectivity index (χ1n) is 8.20. The van der Waals surface area contributed by atoms with Gasteiger partial charge in [0.1, 0.15) is 0 Å². The van der Waals surface area contributed by atoms with Gasteiger partial charge in [0.25, 0.3) is 0 Å². The van der Waals surface area contributed by atoms with Gasteiger partial charge in [0.05, 0.1) is 0 Å². The van der Waals surface area contributed by atoms with Crippen LogP contribution in [0.1, 0.15) is 26.3 Å². The van der Waals surface area contributed by atoms with Crippen LogP contribution in [0.25, 0.3) is 11.1 Å². The molecule has 2 N–H and O–H groups in total. The SMILES string of the molecule is C=C(C)NNCC(C)C(C)Cc1ccc(-c2cccnc2)cc1. The zero-order valence-corrected chi connectivity index (χ0v) is 14.3. The molecule has 1 aromatic heterocycles. The van der Waals surface area contributed by atoms with Crippen molar-refractivity contribution in [3.8, 4) is 11.1 Å². The number of pyridine rings is 1. The molecular weight excluding hydrogens is 282 g/mol. The fourth-order valence-corrected chi connectivity index (χ4v) is 2.50. The molecule has 122 valence electrons. The van der Waals surface area contributed by atoms with Crippen LogP contribution in [-0.2, 0) is 6.42 Å². The number of nitrogens with zero attached hydrogens (tertiary/aromatic N) is 1. The number of benzene rings is 1.